The van der Waals surface area contributed by atoms with Crippen molar-refractivity contribution in [3.05, 3.63) is 71.5 Å². The maximum Gasteiger partial charge on any atom is 0.329 e. The van der Waals surface area contributed by atoms with E-state index in [1.54, 1.807) is 39.0 Å². The molecule has 168 valence electrons. The lowest BCUT2D eigenvalue weighted by atomic mass is 10.0. The zero-order valence-corrected chi connectivity index (χ0v) is 18.7. The zero-order valence-electron chi connectivity index (χ0n) is 18.7. The number of esters is 1. The first-order chi connectivity index (χ1) is 15.2. The summed E-state index contributed by atoms with van der Waals surface area (Å²) >= 11 is 0. The molecule has 2 atom stereocenters. The van der Waals surface area contributed by atoms with Gasteiger partial charge in [-0.3, -0.25) is 9.59 Å². The number of ether oxygens (including phenoxy) is 1. The summed E-state index contributed by atoms with van der Waals surface area (Å²) in [6.07, 6.45) is 0. The van der Waals surface area contributed by atoms with Crippen LogP contribution in [0.15, 0.2) is 59.0 Å². The Balaban J connectivity index is 1.54. The van der Waals surface area contributed by atoms with Gasteiger partial charge in [0.1, 0.15) is 17.4 Å². The number of nitrogens with one attached hydrogen (secondary N) is 2. The van der Waals surface area contributed by atoms with Gasteiger partial charge >= 0.3 is 5.97 Å². The van der Waals surface area contributed by atoms with Gasteiger partial charge in [-0.15, -0.1) is 0 Å². The average molecular weight is 437 g/mol. The molecule has 0 aliphatic carbocycles. The molecule has 1 heterocycles. The summed E-state index contributed by atoms with van der Waals surface area (Å²) in [5.74, 6) is -1.09. The lowest BCUT2D eigenvalue weighted by molar-refractivity contribution is -0.151. The molecule has 0 saturated carbocycles. The Hall–Kier alpha value is -3.61. The molecule has 7 nitrogen and oxygen atoms in total. The molecule has 0 unspecified atom stereocenters. The minimum absolute atomic E-state index is 0.214. The van der Waals surface area contributed by atoms with Gasteiger partial charge in [0.15, 0.2) is 6.61 Å². The number of amides is 2. The minimum Gasteiger partial charge on any atom is -0.459 e. The number of para-hydroxylation sites is 1. The van der Waals surface area contributed by atoms with E-state index >= 15 is 0 Å². The van der Waals surface area contributed by atoms with E-state index < -0.39 is 30.6 Å². The molecule has 0 bridgehead atoms. The summed E-state index contributed by atoms with van der Waals surface area (Å²) in [6.45, 7) is 6.82. The smallest absolute Gasteiger partial charge is 0.329 e. The van der Waals surface area contributed by atoms with Gasteiger partial charge in [0.25, 0.3) is 11.8 Å². The zero-order chi connectivity index (χ0) is 23.3. The minimum atomic E-state index is -0.872. The molecule has 3 aromatic rings. The first kappa shape index (κ1) is 23.1. The van der Waals surface area contributed by atoms with E-state index in [1.807, 2.05) is 43.3 Å². The van der Waals surface area contributed by atoms with Crippen LogP contribution in [-0.4, -0.2) is 30.4 Å². The Labute approximate surface area is 187 Å². The van der Waals surface area contributed by atoms with E-state index in [0.717, 1.165) is 16.5 Å². The molecule has 7 heteroatoms. The van der Waals surface area contributed by atoms with Crippen molar-refractivity contribution in [1.29, 1.82) is 0 Å². The van der Waals surface area contributed by atoms with Crippen LogP contribution in [0.4, 0.5) is 0 Å². The molecule has 0 fully saturated rings. The van der Waals surface area contributed by atoms with E-state index in [0.29, 0.717) is 11.3 Å². The lowest BCUT2D eigenvalue weighted by Crippen LogP contribution is -2.46. The van der Waals surface area contributed by atoms with E-state index in [1.165, 1.54) is 0 Å². The summed E-state index contributed by atoms with van der Waals surface area (Å²) in [5.41, 5.74) is 2.14. The molecule has 1 aromatic heterocycles. The number of fused-ring (bicyclic) bond motifs is 1. The Morgan fingerprint density at radius 1 is 0.969 bits per heavy atom. The maximum atomic E-state index is 12.6. The highest BCUT2D eigenvalue weighted by molar-refractivity contribution is 5.97. The predicted octanol–water partition coefficient (Wildman–Crippen LogP) is 3.92. The van der Waals surface area contributed by atoms with Gasteiger partial charge in [-0.05, 0) is 44.0 Å². The number of furan rings is 1. The number of aryl methyl sites for hydroxylation is 1. The van der Waals surface area contributed by atoms with Crippen LogP contribution in [-0.2, 0) is 14.3 Å². The van der Waals surface area contributed by atoms with Crippen LogP contribution >= 0.6 is 0 Å². The van der Waals surface area contributed by atoms with Gasteiger partial charge in [0, 0.05) is 10.9 Å². The van der Waals surface area contributed by atoms with Crippen LogP contribution in [0.2, 0.25) is 0 Å². The number of benzene rings is 2. The van der Waals surface area contributed by atoms with E-state index in [4.69, 9.17) is 9.15 Å². The second kappa shape index (κ2) is 10.1. The Morgan fingerprint density at radius 3 is 2.41 bits per heavy atom. The first-order valence-electron chi connectivity index (χ1n) is 10.6. The number of rotatable bonds is 8. The summed E-state index contributed by atoms with van der Waals surface area (Å²) in [4.78, 5) is 37.4. The van der Waals surface area contributed by atoms with Crippen LogP contribution in [0.1, 0.15) is 48.5 Å². The molecule has 32 heavy (non-hydrogen) atoms. The lowest BCUT2D eigenvalue weighted by Gasteiger charge is -2.21. The Morgan fingerprint density at radius 2 is 1.72 bits per heavy atom. The van der Waals surface area contributed by atoms with Crippen molar-refractivity contribution in [2.45, 2.75) is 39.8 Å². The summed E-state index contributed by atoms with van der Waals surface area (Å²) < 4.78 is 10.9. The molecular weight excluding hydrogens is 408 g/mol. The Kier molecular flexibility index (Phi) is 7.30. The predicted molar refractivity (Wildman–Crippen MR) is 121 cm³/mol. The number of hydrogen-bond acceptors (Lipinski definition) is 5. The third-order valence-electron chi connectivity index (χ3n) is 5.08. The fraction of sp³-hybridized carbons (Fsp3) is 0.320. The largest absolute Gasteiger partial charge is 0.459 e. The van der Waals surface area contributed by atoms with Crippen LogP contribution < -0.4 is 10.6 Å². The van der Waals surface area contributed by atoms with Crippen molar-refractivity contribution >= 4 is 28.8 Å². The van der Waals surface area contributed by atoms with Gasteiger partial charge in [0.2, 0.25) is 0 Å². The first-order valence-corrected chi connectivity index (χ1v) is 10.6. The molecule has 3 rings (SSSR count). The van der Waals surface area contributed by atoms with Crippen molar-refractivity contribution in [2.24, 2.45) is 5.92 Å². The van der Waals surface area contributed by atoms with Crippen molar-refractivity contribution in [3.8, 4) is 0 Å². The SMILES string of the molecule is Cc1cccc(C(=O)N[C@H](C(=O)OCC(=O)N[C@@H](C)c2cc3ccccc3o2)C(C)C)c1. The van der Waals surface area contributed by atoms with Crippen molar-refractivity contribution < 1.29 is 23.5 Å². The highest BCUT2D eigenvalue weighted by Crippen LogP contribution is 2.23. The van der Waals surface area contributed by atoms with Gasteiger partial charge < -0.3 is 19.8 Å². The normalized spacial score (nSPS) is 12.9. The van der Waals surface area contributed by atoms with E-state index in [2.05, 4.69) is 10.6 Å². The summed E-state index contributed by atoms with van der Waals surface area (Å²) in [7, 11) is 0. The monoisotopic (exact) mass is 436 g/mol. The highest BCUT2D eigenvalue weighted by atomic mass is 16.5. The third-order valence-corrected chi connectivity index (χ3v) is 5.08. The molecule has 0 aliphatic heterocycles. The topological polar surface area (TPSA) is 97.6 Å². The van der Waals surface area contributed by atoms with Crippen LogP contribution in [0.3, 0.4) is 0 Å². The number of carbonyl (C=O) groups is 3. The maximum absolute atomic E-state index is 12.6. The molecule has 0 aliphatic rings. The highest BCUT2D eigenvalue weighted by Gasteiger charge is 2.27. The van der Waals surface area contributed by atoms with Gasteiger partial charge in [-0.25, -0.2) is 4.79 Å². The van der Waals surface area contributed by atoms with Crippen molar-refractivity contribution in [3.63, 3.8) is 0 Å². The molecule has 2 N–H and O–H groups in total. The summed E-state index contributed by atoms with van der Waals surface area (Å²) in [6, 6.07) is 15.2. The van der Waals surface area contributed by atoms with Gasteiger partial charge in [-0.2, -0.15) is 0 Å². The number of carbonyl (C=O) groups excluding carboxylic acids is 3. The molecule has 2 aromatic carbocycles. The average Bonchev–Trinajstić information content (AvgIpc) is 3.20. The van der Waals surface area contributed by atoms with E-state index in [9.17, 15) is 14.4 Å². The summed E-state index contributed by atoms with van der Waals surface area (Å²) in [5, 5.41) is 6.40. The molecule has 0 radical (unpaired) electrons. The standard InChI is InChI=1S/C25H28N2O5/c1-15(2)23(27-24(29)19-10-7-8-16(3)12-19)25(30)31-14-22(28)26-17(4)21-13-18-9-5-6-11-20(18)32-21/h5-13,15,17,23H,14H2,1-4H3,(H,26,28)(H,27,29)/t17-,23-/m0/s1. The second-order valence-corrected chi connectivity index (χ2v) is 8.15. The molecule has 2 amide bonds. The molecule has 0 saturated heterocycles. The van der Waals surface area contributed by atoms with Crippen LogP contribution in [0.5, 0.6) is 0 Å². The van der Waals surface area contributed by atoms with Crippen LogP contribution in [0, 0.1) is 12.8 Å². The molecular formula is C25H28N2O5. The third kappa shape index (κ3) is 5.75. The molecule has 0 spiro atoms. The van der Waals surface area contributed by atoms with Gasteiger partial charge in [-0.1, -0.05) is 49.7 Å². The van der Waals surface area contributed by atoms with Crippen molar-refractivity contribution in [2.75, 3.05) is 6.61 Å². The fourth-order valence-electron chi connectivity index (χ4n) is 3.31. The Bertz CT molecular complexity index is 1090. The van der Waals surface area contributed by atoms with E-state index in [-0.39, 0.29) is 11.8 Å². The quantitative estimate of drug-likeness (QED) is 0.522. The van der Waals surface area contributed by atoms with Crippen molar-refractivity contribution in [1.82, 2.24) is 10.6 Å². The second-order valence-electron chi connectivity index (χ2n) is 8.15. The number of hydrogen-bond donors (Lipinski definition) is 2. The fourth-order valence-corrected chi connectivity index (χ4v) is 3.31. The van der Waals surface area contributed by atoms with Crippen LogP contribution in [0.25, 0.3) is 11.0 Å². The van der Waals surface area contributed by atoms with Gasteiger partial charge in [0.05, 0.1) is 6.04 Å².